The van der Waals surface area contributed by atoms with Crippen molar-refractivity contribution in [2.45, 2.75) is 6.18 Å². The number of anilines is 1. The molecule has 1 aromatic carbocycles. The zero-order valence-electron chi connectivity index (χ0n) is 14.2. The van der Waals surface area contributed by atoms with Crippen LogP contribution in [0.1, 0.15) is 21.6 Å². The molecule has 0 unspecified atom stereocenters. The van der Waals surface area contributed by atoms with E-state index in [1.54, 1.807) is 18.2 Å². The molecular formula is C18H13F3N6O. The van der Waals surface area contributed by atoms with Crippen LogP contribution in [0.5, 0.6) is 0 Å². The molecule has 28 heavy (non-hydrogen) atoms. The average Bonchev–Trinajstić information content (AvgIpc) is 2.68. The molecule has 0 fully saturated rings. The molecule has 0 spiro atoms. The number of pyridine rings is 1. The molecule has 0 saturated heterocycles. The Morgan fingerprint density at radius 2 is 1.86 bits per heavy atom. The Kier molecular flexibility index (Phi) is 5.03. The molecule has 0 aliphatic carbocycles. The molecule has 0 atom stereocenters. The molecule has 3 aromatic rings. The maximum Gasteiger partial charge on any atom is 0.416 e. The van der Waals surface area contributed by atoms with Crippen molar-refractivity contribution >= 4 is 17.6 Å². The molecule has 2 heterocycles. The van der Waals surface area contributed by atoms with Crippen LogP contribution in [0.2, 0.25) is 0 Å². The van der Waals surface area contributed by atoms with E-state index in [-0.39, 0.29) is 22.6 Å². The molecule has 1 amide bonds. The lowest BCUT2D eigenvalue weighted by Crippen LogP contribution is -2.32. The van der Waals surface area contributed by atoms with Gasteiger partial charge < -0.3 is 5.32 Å². The average molecular weight is 386 g/mol. The quantitative estimate of drug-likeness (QED) is 0.476. The summed E-state index contributed by atoms with van der Waals surface area (Å²) in [5.41, 5.74) is -1.41. The number of hydrogen-bond acceptors (Lipinski definition) is 5. The first-order valence-electron chi connectivity index (χ1n) is 7.89. The van der Waals surface area contributed by atoms with Gasteiger partial charge in [-0.1, -0.05) is 18.2 Å². The minimum absolute atomic E-state index is 0.0943. The van der Waals surface area contributed by atoms with E-state index >= 15 is 0 Å². The number of carbonyl (C=O) groups excluding carboxylic acids is 1. The molecule has 10 heteroatoms. The largest absolute Gasteiger partial charge is 0.416 e. The van der Waals surface area contributed by atoms with Gasteiger partial charge in [-0.25, -0.2) is 4.98 Å². The van der Waals surface area contributed by atoms with E-state index < -0.39 is 23.5 Å². The number of nitrogens with zero attached hydrogens (tertiary/aromatic N) is 3. The van der Waals surface area contributed by atoms with Crippen molar-refractivity contribution in [3.63, 3.8) is 0 Å². The van der Waals surface area contributed by atoms with Gasteiger partial charge in [0.25, 0.3) is 5.91 Å². The van der Waals surface area contributed by atoms with E-state index in [1.165, 1.54) is 24.4 Å². The second kappa shape index (κ2) is 7.43. The number of halogens is 3. The van der Waals surface area contributed by atoms with Gasteiger partial charge in [-0.05, 0) is 36.4 Å². The number of nitrogens with one attached hydrogen (secondary N) is 3. The number of hydrogen-bond donors (Lipinski definition) is 3. The fourth-order valence-corrected chi connectivity index (χ4v) is 2.30. The predicted octanol–water partition coefficient (Wildman–Crippen LogP) is 2.90. The molecular weight excluding hydrogens is 373 g/mol. The number of rotatable bonds is 3. The van der Waals surface area contributed by atoms with Crippen molar-refractivity contribution in [1.29, 1.82) is 10.8 Å². The summed E-state index contributed by atoms with van der Waals surface area (Å²) in [5, 5.41) is 22.4. The second-order valence-electron chi connectivity index (χ2n) is 5.61. The van der Waals surface area contributed by atoms with E-state index in [2.05, 4.69) is 15.4 Å². The van der Waals surface area contributed by atoms with Crippen LogP contribution in [-0.2, 0) is 6.18 Å². The van der Waals surface area contributed by atoms with Gasteiger partial charge in [0.1, 0.15) is 17.0 Å². The number of benzene rings is 1. The zero-order valence-corrected chi connectivity index (χ0v) is 14.2. The molecule has 3 N–H and O–H groups in total. The summed E-state index contributed by atoms with van der Waals surface area (Å²) in [6.07, 6.45) is -3.08. The molecule has 7 nitrogen and oxygen atoms in total. The molecule has 0 bridgehead atoms. The molecule has 142 valence electrons. The third-order valence-corrected chi connectivity index (χ3v) is 3.65. The van der Waals surface area contributed by atoms with Crippen LogP contribution in [-0.4, -0.2) is 26.5 Å². The third kappa shape index (κ3) is 4.11. The first kappa shape index (κ1) is 19.0. The van der Waals surface area contributed by atoms with Crippen LogP contribution in [0.15, 0.2) is 60.8 Å². The van der Waals surface area contributed by atoms with E-state index in [9.17, 15) is 18.0 Å². The van der Waals surface area contributed by atoms with Crippen molar-refractivity contribution in [3.8, 4) is 0 Å². The normalized spacial score (nSPS) is 11.1. The lowest BCUT2D eigenvalue weighted by molar-refractivity contribution is -0.137. The van der Waals surface area contributed by atoms with Crippen molar-refractivity contribution in [2.75, 3.05) is 5.32 Å². The van der Waals surface area contributed by atoms with Crippen LogP contribution < -0.4 is 10.8 Å². The minimum atomic E-state index is -4.57. The van der Waals surface area contributed by atoms with Crippen LogP contribution in [0.3, 0.4) is 0 Å². The second-order valence-corrected chi connectivity index (χ2v) is 5.61. The SMILES string of the molecule is N=C(c1cccc(C(F)(F)F)c1)n1nc(C(=O)Nc2ccccn2)ccc1=N. The summed E-state index contributed by atoms with van der Waals surface area (Å²) in [7, 11) is 0. The molecule has 0 radical (unpaired) electrons. The van der Waals surface area contributed by atoms with Gasteiger partial charge >= 0.3 is 6.18 Å². The fraction of sp³-hybridized carbons (Fsp3) is 0.0556. The van der Waals surface area contributed by atoms with Gasteiger partial charge in [0.15, 0.2) is 5.84 Å². The van der Waals surface area contributed by atoms with Crippen LogP contribution in [0.4, 0.5) is 19.0 Å². The monoisotopic (exact) mass is 386 g/mol. The molecule has 2 aromatic heterocycles. The zero-order chi connectivity index (χ0) is 20.3. The van der Waals surface area contributed by atoms with E-state index in [0.717, 1.165) is 22.9 Å². The lowest BCUT2D eigenvalue weighted by atomic mass is 10.1. The van der Waals surface area contributed by atoms with Crippen LogP contribution in [0.25, 0.3) is 0 Å². The van der Waals surface area contributed by atoms with Gasteiger partial charge in [-0.15, -0.1) is 0 Å². The maximum absolute atomic E-state index is 12.9. The minimum Gasteiger partial charge on any atom is -0.305 e. The highest BCUT2D eigenvalue weighted by Gasteiger charge is 2.30. The van der Waals surface area contributed by atoms with Crippen molar-refractivity contribution < 1.29 is 18.0 Å². The first-order valence-corrected chi connectivity index (χ1v) is 7.89. The predicted molar refractivity (Wildman–Crippen MR) is 93.9 cm³/mol. The van der Waals surface area contributed by atoms with Gasteiger partial charge in [0.05, 0.1) is 5.56 Å². The van der Waals surface area contributed by atoms with Crippen LogP contribution >= 0.6 is 0 Å². The van der Waals surface area contributed by atoms with Gasteiger partial charge in [0.2, 0.25) is 0 Å². The summed E-state index contributed by atoms with van der Waals surface area (Å²) in [6.45, 7) is 0. The lowest BCUT2D eigenvalue weighted by Gasteiger charge is -2.12. The van der Waals surface area contributed by atoms with E-state index in [4.69, 9.17) is 10.8 Å². The summed E-state index contributed by atoms with van der Waals surface area (Å²) < 4.78 is 39.5. The van der Waals surface area contributed by atoms with Gasteiger partial charge in [0, 0.05) is 11.8 Å². The van der Waals surface area contributed by atoms with Crippen molar-refractivity contribution in [2.24, 2.45) is 0 Å². The smallest absolute Gasteiger partial charge is 0.305 e. The number of aromatic nitrogens is 3. The summed E-state index contributed by atoms with van der Waals surface area (Å²) in [5.74, 6) is -0.823. The fourth-order valence-electron chi connectivity index (χ4n) is 2.30. The van der Waals surface area contributed by atoms with E-state index in [1.807, 2.05) is 0 Å². The Bertz CT molecular complexity index is 1090. The summed E-state index contributed by atoms with van der Waals surface area (Å²) in [6, 6.07) is 11.5. The van der Waals surface area contributed by atoms with Crippen LogP contribution in [0, 0.1) is 10.8 Å². The summed E-state index contributed by atoms with van der Waals surface area (Å²) in [4.78, 5) is 16.3. The molecule has 3 rings (SSSR count). The third-order valence-electron chi connectivity index (χ3n) is 3.65. The molecule has 0 saturated carbocycles. The van der Waals surface area contributed by atoms with Crippen molar-refractivity contribution in [1.82, 2.24) is 14.8 Å². The Morgan fingerprint density at radius 1 is 1.07 bits per heavy atom. The van der Waals surface area contributed by atoms with Gasteiger partial charge in [-0.2, -0.15) is 23.0 Å². The highest BCUT2D eigenvalue weighted by Crippen LogP contribution is 2.29. The van der Waals surface area contributed by atoms with E-state index in [0.29, 0.717) is 0 Å². The summed E-state index contributed by atoms with van der Waals surface area (Å²) >= 11 is 0. The number of alkyl halides is 3. The maximum atomic E-state index is 12.9. The highest BCUT2D eigenvalue weighted by molar-refractivity contribution is 6.03. The molecule has 0 aliphatic heterocycles. The Hall–Kier alpha value is -3.82. The molecule has 0 aliphatic rings. The number of carbonyl (C=O) groups is 1. The standard InChI is InChI=1S/C18H13F3N6O/c19-18(20,21)12-5-3-4-11(10-12)16(23)27-14(22)8-7-13(26-27)17(28)25-15-6-1-2-9-24-15/h1-10,22-23H,(H,24,25,28). The number of amides is 1. The first-order chi connectivity index (χ1) is 13.3. The Morgan fingerprint density at radius 3 is 2.54 bits per heavy atom. The Labute approximate surface area is 156 Å². The Balaban J connectivity index is 1.92. The topological polar surface area (TPSA) is 108 Å². The van der Waals surface area contributed by atoms with Gasteiger partial charge in [-0.3, -0.25) is 15.6 Å². The van der Waals surface area contributed by atoms with Crippen molar-refractivity contribution in [3.05, 3.63) is 83.1 Å². The highest BCUT2D eigenvalue weighted by atomic mass is 19.4.